The monoisotopic (exact) mass is 527 g/mol. The minimum atomic E-state index is -0.531. The topological polar surface area (TPSA) is 140 Å². The van der Waals surface area contributed by atoms with Crippen LogP contribution >= 0.6 is 11.3 Å². The van der Waals surface area contributed by atoms with Gasteiger partial charge in [-0.1, -0.05) is 47.7 Å². The van der Waals surface area contributed by atoms with Gasteiger partial charge in [0.2, 0.25) is 5.13 Å². The van der Waals surface area contributed by atoms with E-state index in [1.54, 1.807) is 30.3 Å². The average Bonchev–Trinajstić information content (AvgIpc) is 3.39. The number of aryl methyl sites for hydroxylation is 1. The molecule has 1 amide bonds. The van der Waals surface area contributed by atoms with E-state index >= 15 is 0 Å². The highest BCUT2D eigenvalue weighted by Crippen LogP contribution is 2.30. The normalized spacial score (nSPS) is 10.9. The van der Waals surface area contributed by atoms with Crippen LogP contribution in [0.4, 0.5) is 10.8 Å². The molecule has 0 saturated carbocycles. The van der Waals surface area contributed by atoms with Crippen molar-refractivity contribution in [2.75, 3.05) is 18.5 Å². The predicted octanol–water partition coefficient (Wildman–Crippen LogP) is 5.53. The van der Waals surface area contributed by atoms with Gasteiger partial charge in [-0.2, -0.15) is 5.26 Å². The van der Waals surface area contributed by atoms with Crippen molar-refractivity contribution >= 4 is 39.7 Å². The maximum absolute atomic E-state index is 12.4. The van der Waals surface area contributed by atoms with Crippen LogP contribution in [-0.4, -0.2) is 34.2 Å². The number of rotatable bonds is 10. The molecule has 0 radical (unpaired) electrons. The lowest BCUT2D eigenvalue weighted by atomic mass is 10.1. The summed E-state index contributed by atoms with van der Waals surface area (Å²) in [5.41, 5.74) is 1.69. The summed E-state index contributed by atoms with van der Waals surface area (Å²) >= 11 is 1.00. The van der Waals surface area contributed by atoms with Crippen LogP contribution in [0, 0.1) is 28.4 Å². The second kappa shape index (κ2) is 12.2. The molecular weight excluding hydrogens is 506 g/mol. The minimum Gasteiger partial charge on any atom is -0.490 e. The van der Waals surface area contributed by atoms with E-state index in [9.17, 15) is 20.2 Å². The first-order chi connectivity index (χ1) is 18.4. The Labute approximate surface area is 221 Å². The first kappa shape index (κ1) is 26.0. The van der Waals surface area contributed by atoms with E-state index in [4.69, 9.17) is 9.47 Å². The van der Waals surface area contributed by atoms with E-state index in [0.717, 1.165) is 22.6 Å². The summed E-state index contributed by atoms with van der Waals surface area (Å²) in [5, 5.41) is 32.2. The van der Waals surface area contributed by atoms with E-state index in [1.165, 1.54) is 24.3 Å². The first-order valence-electron chi connectivity index (χ1n) is 11.4. The maximum atomic E-state index is 12.4. The van der Waals surface area contributed by atoms with Crippen LogP contribution in [0.5, 0.6) is 11.5 Å². The number of carbonyl (C=O) groups is 1. The van der Waals surface area contributed by atoms with Crippen LogP contribution in [0.3, 0.4) is 0 Å². The van der Waals surface area contributed by atoms with Gasteiger partial charge >= 0.3 is 0 Å². The second-order valence-electron chi connectivity index (χ2n) is 7.84. The molecular formula is C27H21N5O5S. The number of non-ortho nitro benzene ring substituents is 1. The predicted molar refractivity (Wildman–Crippen MR) is 143 cm³/mol. The number of carbonyl (C=O) groups excluding carboxylic acids is 1. The highest BCUT2D eigenvalue weighted by Gasteiger charge is 2.16. The van der Waals surface area contributed by atoms with Gasteiger partial charge in [0.25, 0.3) is 11.6 Å². The van der Waals surface area contributed by atoms with Crippen LogP contribution in [0.2, 0.25) is 0 Å². The first-order valence-corrected chi connectivity index (χ1v) is 12.2. The summed E-state index contributed by atoms with van der Waals surface area (Å²) in [6.07, 6.45) is 1.44. The Kier molecular flexibility index (Phi) is 8.38. The summed E-state index contributed by atoms with van der Waals surface area (Å²) < 4.78 is 11.6. The molecule has 0 fully saturated rings. The molecule has 0 atom stereocenters. The number of allylic oxidation sites excluding steroid dienone is 1. The molecule has 3 aromatic carbocycles. The third-order valence-corrected chi connectivity index (χ3v) is 6.10. The van der Waals surface area contributed by atoms with Crippen molar-refractivity contribution < 1.29 is 19.2 Å². The van der Waals surface area contributed by atoms with Gasteiger partial charge in [-0.25, -0.2) is 0 Å². The fourth-order valence-corrected chi connectivity index (χ4v) is 4.06. The molecule has 1 aromatic heterocycles. The van der Waals surface area contributed by atoms with Crippen molar-refractivity contribution in [3.8, 4) is 17.6 Å². The van der Waals surface area contributed by atoms with Gasteiger partial charge in [0.1, 0.15) is 30.8 Å². The van der Waals surface area contributed by atoms with Crippen molar-refractivity contribution in [2.45, 2.75) is 6.92 Å². The third kappa shape index (κ3) is 6.57. The molecule has 0 aliphatic heterocycles. The number of nitro benzene ring substituents is 1. The number of hydrogen-bond donors (Lipinski definition) is 1. The zero-order valence-corrected chi connectivity index (χ0v) is 21.0. The van der Waals surface area contributed by atoms with Gasteiger partial charge in [-0.3, -0.25) is 20.2 Å². The van der Waals surface area contributed by atoms with Crippen molar-refractivity contribution in [2.24, 2.45) is 0 Å². The van der Waals surface area contributed by atoms with E-state index < -0.39 is 4.92 Å². The Bertz CT molecular complexity index is 1530. The standard InChI is InChI=1S/C27H21N5O5S/c1-18-7-5-6-10-23(18)36-13-14-37-24-12-11-22(32(34)35)16-20(24)15-21(17-28)26-30-31-27(38-26)29-25(33)19-8-3-2-4-9-19/h2-12,15-16H,13-14H2,1H3,(H,29,31,33)/b21-15+. The number of nitriles is 1. The van der Waals surface area contributed by atoms with Gasteiger partial charge in [0.05, 0.1) is 10.5 Å². The zero-order chi connectivity index (χ0) is 26.9. The highest BCUT2D eigenvalue weighted by molar-refractivity contribution is 7.16. The number of aromatic nitrogens is 2. The highest BCUT2D eigenvalue weighted by atomic mass is 32.1. The molecule has 0 unspecified atom stereocenters. The van der Waals surface area contributed by atoms with Gasteiger partial charge in [-0.05, 0) is 42.8 Å². The van der Waals surface area contributed by atoms with Crippen LogP contribution < -0.4 is 14.8 Å². The van der Waals surface area contributed by atoms with Gasteiger partial charge in [0.15, 0.2) is 5.01 Å². The van der Waals surface area contributed by atoms with Crippen LogP contribution in [0.25, 0.3) is 11.6 Å². The molecule has 4 rings (SSSR count). The van der Waals surface area contributed by atoms with E-state index in [0.29, 0.717) is 16.9 Å². The summed E-state index contributed by atoms with van der Waals surface area (Å²) in [7, 11) is 0. The molecule has 0 aliphatic rings. The van der Waals surface area contributed by atoms with Crippen molar-refractivity contribution in [1.29, 1.82) is 5.26 Å². The Balaban J connectivity index is 1.51. The number of nitro groups is 1. The van der Waals surface area contributed by atoms with Gasteiger partial charge in [-0.15, -0.1) is 10.2 Å². The molecule has 38 heavy (non-hydrogen) atoms. The van der Waals surface area contributed by atoms with Crippen LogP contribution in [0.15, 0.2) is 72.8 Å². The van der Waals surface area contributed by atoms with Gasteiger partial charge in [0, 0.05) is 23.3 Å². The molecule has 0 bridgehead atoms. The molecule has 1 N–H and O–H groups in total. The quantitative estimate of drug-likeness (QED) is 0.123. The van der Waals surface area contributed by atoms with E-state index in [-0.39, 0.29) is 40.5 Å². The van der Waals surface area contributed by atoms with Crippen LogP contribution in [-0.2, 0) is 0 Å². The summed E-state index contributed by atoms with van der Waals surface area (Å²) in [6, 6.07) is 22.3. The molecule has 0 aliphatic carbocycles. The van der Waals surface area contributed by atoms with E-state index in [2.05, 4.69) is 15.5 Å². The fourth-order valence-electron chi connectivity index (χ4n) is 3.35. The Morgan fingerprint density at radius 3 is 2.47 bits per heavy atom. The van der Waals surface area contributed by atoms with Crippen molar-refractivity contribution in [1.82, 2.24) is 10.2 Å². The number of ether oxygens (including phenoxy) is 2. The molecule has 0 saturated heterocycles. The number of anilines is 1. The lowest BCUT2D eigenvalue weighted by molar-refractivity contribution is -0.384. The maximum Gasteiger partial charge on any atom is 0.270 e. The summed E-state index contributed by atoms with van der Waals surface area (Å²) in [4.78, 5) is 23.2. The van der Waals surface area contributed by atoms with E-state index in [1.807, 2.05) is 37.3 Å². The number of nitrogens with zero attached hydrogens (tertiary/aromatic N) is 4. The number of amides is 1. The fraction of sp³-hybridized carbons (Fsp3) is 0.111. The molecule has 4 aromatic rings. The Morgan fingerprint density at radius 1 is 1.05 bits per heavy atom. The molecule has 11 heteroatoms. The Hall–Kier alpha value is -5.08. The molecule has 190 valence electrons. The number of hydrogen-bond acceptors (Lipinski definition) is 9. The second-order valence-corrected chi connectivity index (χ2v) is 8.82. The minimum absolute atomic E-state index is 0.101. The lowest BCUT2D eigenvalue weighted by Crippen LogP contribution is -2.11. The SMILES string of the molecule is Cc1ccccc1OCCOc1ccc([N+](=O)[O-])cc1/C=C(\C#N)c1nnc(NC(=O)c2ccccc2)s1. The van der Waals surface area contributed by atoms with Crippen molar-refractivity contribution in [3.05, 3.63) is 105 Å². The average molecular weight is 528 g/mol. The molecule has 10 nitrogen and oxygen atoms in total. The molecule has 1 heterocycles. The Morgan fingerprint density at radius 2 is 1.76 bits per heavy atom. The number of nitrogens with one attached hydrogen (secondary N) is 1. The summed E-state index contributed by atoms with van der Waals surface area (Å²) in [5.74, 6) is 0.704. The summed E-state index contributed by atoms with van der Waals surface area (Å²) in [6.45, 7) is 2.35. The smallest absolute Gasteiger partial charge is 0.270 e. The number of benzene rings is 3. The lowest BCUT2D eigenvalue weighted by Gasteiger charge is -2.12. The molecule has 0 spiro atoms. The zero-order valence-electron chi connectivity index (χ0n) is 20.2. The van der Waals surface area contributed by atoms with Crippen LogP contribution in [0.1, 0.15) is 26.5 Å². The largest absolute Gasteiger partial charge is 0.490 e. The number of para-hydroxylation sites is 1. The third-order valence-electron chi connectivity index (χ3n) is 5.23. The van der Waals surface area contributed by atoms with Crippen molar-refractivity contribution in [3.63, 3.8) is 0 Å². The van der Waals surface area contributed by atoms with Gasteiger partial charge < -0.3 is 9.47 Å².